The fourth-order valence-electron chi connectivity index (χ4n) is 3.31. The van der Waals surface area contributed by atoms with E-state index in [4.69, 9.17) is 4.74 Å². The number of nitrogens with zero attached hydrogens (tertiary/aromatic N) is 3. The van der Waals surface area contributed by atoms with E-state index in [1.54, 1.807) is 24.3 Å². The molecule has 0 atom stereocenters. The highest BCUT2D eigenvalue weighted by molar-refractivity contribution is 8.18. The van der Waals surface area contributed by atoms with Crippen molar-refractivity contribution in [3.8, 4) is 5.75 Å². The number of carbonyl (C=O) groups is 3. The summed E-state index contributed by atoms with van der Waals surface area (Å²) in [4.78, 5) is 59.4. The number of esters is 1. The third-order valence-corrected chi connectivity index (χ3v) is 5.89. The molecule has 0 radical (unpaired) electrons. The molecule has 1 fully saturated rings. The van der Waals surface area contributed by atoms with Crippen LogP contribution in [0.4, 0.5) is 16.2 Å². The Kier molecular flexibility index (Phi) is 6.88. The highest BCUT2D eigenvalue weighted by Gasteiger charge is 2.35. The number of imide groups is 1. The second kappa shape index (κ2) is 10.2. The van der Waals surface area contributed by atoms with Crippen LogP contribution >= 0.6 is 11.8 Å². The van der Waals surface area contributed by atoms with Crippen molar-refractivity contribution in [2.75, 3.05) is 0 Å². The molecule has 0 aliphatic carbocycles. The van der Waals surface area contributed by atoms with Gasteiger partial charge in [-0.1, -0.05) is 42.5 Å². The Morgan fingerprint density at radius 2 is 1.58 bits per heavy atom. The van der Waals surface area contributed by atoms with Gasteiger partial charge in [0.2, 0.25) is 0 Å². The van der Waals surface area contributed by atoms with Gasteiger partial charge in [0, 0.05) is 12.1 Å². The molecule has 0 aromatic heterocycles. The second-order valence-corrected chi connectivity index (χ2v) is 8.46. The van der Waals surface area contributed by atoms with Crippen molar-refractivity contribution in [1.29, 1.82) is 0 Å². The van der Waals surface area contributed by atoms with Crippen molar-refractivity contribution in [1.82, 2.24) is 4.90 Å². The topological polar surface area (TPSA) is 150 Å². The van der Waals surface area contributed by atoms with Crippen molar-refractivity contribution in [3.05, 3.63) is 115 Å². The van der Waals surface area contributed by atoms with Crippen LogP contribution in [-0.4, -0.2) is 31.9 Å². The third kappa shape index (κ3) is 5.45. The number of amides is 2. The minimum Gasteiger partial charge on any atom is -0.423 e. The lowest BCUT2D eigenvalue weighted by molar-refractivity contribution is -0.394. The van der Waals surface area contributed by atoms with Crippen LogP contribution in [0.2, 0.25) is 0 Å². The zero-order valence-corrected chi connectivity index (χ0v) is 19.0. The first-order valence-corrected chi connectivity index (χ1v) is 11.1. The summed E-state index contributed by atoms with van der Waals surface area (Å²) in [5.74, 6) is -1.46. The molecule has 180 valence electrons. The lowest BCUT2D eigenvalue weighted by Gasteiger charge is -2.12. The molecule has 11 nitrogen and oxygen atoms in total. The van der Waals surface area contributed by atoms with E-state index in [0.717, 1.165) is 40.4 Å². The molecule has 1 saturated heterocycles. The summed E-state index contributed by atoms with van der Waals surface area (Å²) in [6, 6.07) is 17.6. The monoisotopic (exact) mass is 505 g/mol. The molecule has 0 spiro atoms. The molecule has 1 heterocycles. The summed E-state index contributed by atoms with van der Waals surface area (Å²) in [5.41, 5.74) is -0.373. The largest absolute Gasteiger partial charge is 0.423 e. The number of ether oxygens (including phenoxy) is 1. The van der Waals surface area contributed by atoms with E-state index >= 15 is 0 Å². The number of nitro groups is 2. The van der Waals surface area contributed by atoms with Gasteiger partial charge in [-0.15, -0.1) is 0 Å². The van der Waals surface area contributed by atoms with Crippen LogP contribution < -0.4 is 4.74 Å². The van der Waals surface area contributed by atoms with Gasteiger partial charge in [-0.05, 0) is 41.1 Å². The second-order valence-electron chi connectivity index (χ2n) is 7.47. The molecule has 1 aliphatic rings. The van der Waals surface area contributed by atoms with Gasteiger partial charge in [0.1, 0.15) is 5.75 Å². The zero-order chi connectivity index (χ0) is 25.8. The summed E-state index contributed by atoms with van der Waals surface area (Å²) in [6.45, 7) is 0.135. The average Bonchev–Trinajstić information content (AvgIpc) is 3.11. The Bertz CT molecular complexity index is 1410. The van der Waals surface area contributed by atoms with Crippen molar-refractivity contribution in [3.63, 3.8) is 0 Å². The van der Waals surface area contributed by atoms with Crippen LogP contribution in [0.5, 0.6) is 5.75 Å². The summed E-state index contributed by atoms with van der Waals surface area (Å²) in [5, 5.41) is 21.7. The Labute approximate surface area is 207 Å². The van der Waals surface area contributed by atoms with E-state index in [-0.39, 0.29) is 22.8 Å². The lowest BCUT2D eigenvalue weighted by Crippen LogP contribution is -2.27. The Balaban J connectivity index is 1.53. The first-order valence-electron chi connectivity index (χ1n) is 10.3. The summed E-state index contributed by atoms with van der Waals surface area (Å²) in [7, 11) is 0. The van der Waals surface area contributed by atoms with Crippen LogP contribution in [0.3, 0.4) is 0 Å². The molecule has 2 amide bonds. The number of hydrogen-bond donors (Lipinski definition) is 0. The average molecular weight is 505 g/mol. The standard InChI is InChI=1S/C24H15N3O8S/c28-22-21(36-24(30)25(22)14-15-5-2-1-3-6-15)10-16-7-4-8-20(9-16)35-23(29)17-11-18(26(31)32)13-19(12-17)27(33)34/h1-13H,14H2/b21-10-. The van der Waals surface area contributed by atoms with Crippen LogP contribution in [0.15, 0.2) is 77.7 Å². The van der Waals surface area contributed by atoms with Gasteiger partial charge in [0.25, 0.3) is 22.5 Å². The third-order valence-electron chi connectivity index (χ3n) is 4.98. The SMILES string of the molecule is O=C(Oc1cccc(/C=C2\SC(=O)N(Cc3ccccc3)C2=O)c1)c1cc([N+](=O)[O-])cc([N+](=O)[O-])c1. The fraction of sp³-hybridized carbons (Fsp3) is 0.0417. The van der Waals surface area contributed by atoms with Crippen molar-refractivity contribution < 1.29 is 29.0 Å². The van der Waals surface area contributed by atoms with Gasteiger partial charge in [-0.2, -0.15) is 0 Å². The molecule has 12 heteroatoms. The van der Waals surface area contributed by atoms with Gasteiger partial charge >= 0.3 is 5.97 Å². The Hall–Kier alpha value is -4.84. The maximum absolute atomic E-state index is 12.8. The molecule has 0 unspecified atom stereocenters. The van der Waals surface area contributed by atoms with E-state index in [0.29, 0.717) is 5.56 Å². The molecule has 4 rings (SSSR count). The highest BCUT2D eigenvalue weighted by atomic mass is 32.2. The van der Waals surface area contributed by atoms with Crippen molar-refractivity contribution in [2.24, 2.45) is 0 Å². The fourth-order valence-corrected chi connectivity index (χ4v) is 4.15. The van der Waals surface area contributed by atoms with Crippen LogP contribution in [0, 0.1) is 20.2 Å². The number of thioether (sulfide) groups is 1. The molecule has 0 N–H and O–H groups in total. The maximum Gasteiger partial charge on any atom is 0.344 e. The molecule has 3 aromatic rings. The Morgan fingerprint density at radius 3 is 2.22 bits per heavy atom. The number of benzene rings is 3. The Morgan fingerprint density at radius 1 is 0.917 bits per heavy atom. The van der Waals surface area contributed by atoms with E-state index in [9.17, 15) is 34.6 Å². The van der Waals surface area contributed by atoms with Crippen LogP contribution in [0.25, 0.3) is 6.08 Å². The quantitative estimate of drug-likeness (QED) is 0.143. The molecular formula is C24H15N3O8S. The van der Waals surface area contributed by atoms with E-state index in [1.165, 1.54) is 18.2 Å². The van der Waals surface area contributed by atoms with Gasteiger partial charge < -0.3 is 4.74 Å². The van der Waals surface area contributed by atoms with Crippen LogP contribution in [0.1, 0.15) is 21.5 Å². The first kappa shape index (κ1) is 24.3. The number of carbonyl (C=O) groups excluding carboxylic acids is 3. The lowest BCUT2D eigenvalue weighted by atomic mass is 10.1. The van der Waals surface area contributed by atoms with Crippen molar-refractivity contribution >= 4 is 46.3 Å². The van der Waals surface area contributed by atoms with Gasteiger partial charge in [0.15, 0.2) is 0 Å². The first-order chi connectivity index (χ1) is 17.2. The van der Waals surface area contributed by atoms with Gasteiger partial charge in [0.05, 0.1) is 32.9 Å². The molecule has 0 bridgehead atoms. The normalized spacial score (nSPS) is 14.2. The maximum atomic E-state index is 12.8. The summed E-state index contributed by atoms with van der Waals surface area (Å²) < 4.78 is 5.24. The van der Waals surface area contributed by atoms with E-state index in [2.05, 4.69) is 0 Å². The molecular weight excluding hydrogens is 490 g/mol. The minimum atomic E-state index is -1.04. The smallest absolute Gasteiger partial charge is 0.344 e. The molecule has 3 aromatic carbocycles. The van der Waals surface area contributed by atoms with Gasteiger partial charge in [-0.3, -0.25) is 34.7 Å². The summed E-state index contributed by atoms with van der Waals surface area (Å²) in [6.07, 6.45) is 1.48. The molecule has 36 heavy (non-hydrogen) atoms. The van der Waals surface area contributed by atoms with Crippen molar-refractivity contribution in [2.45, 2.75) is 6.54 Å². The zero-order valence-electron chi connectivity index (χ0n) is 18.2. The van der Waals surface area contributed by atoms with Crippen LogP contribution in [-0.2, 0) is 11.3 Å². The predicted octanol–water partition coefficient (Wildman–Crippen LogP) is 4.96. The van der Waals surface area contributed by atoms with E-state index < -0.39 is 38.3 Å². The molecule has 1 aliphatic heterocycles. The number of non-ortho nitro benzene ring substituents is 2. The predicted molar refractivity (Wildman–Crippen MR) is 129 cm³/mol. The highest BCUT2D eigenvalue weighted by Crippen LogP contribution is 2.34. The molecule has 0 saturated carbocycles. The number of nitro benzene ring substituents is 2. The minimum absolute atomic E-state index is 0.0337. The van der Waals surface area contributed by atoms with E-state index in [1.807, 2.05) is 18.2 Å². The summed E-state index contributed by atoms with van der Waals surface area (Å²) >= 11 is 0.784. The number of rotatable bonds is 7. The van der Waals surface area contributed by atoms with Gasteiger partial charge in [-0.25, -0.2) is 4.79 Å². The number of hydrogen-bond acceptors (Lipinski definition) is 9.